The Morgan fingerprint density at radius 2 is 1.93 bits per heavy atom. The van der Waals surface area contributed by atoms with Crippen LogP contribution in [0.2, 0.25) is 0 Å². The van der Waals surface area contributed by atoms with E-state index in [9.17, 15) is 0 Å². The Morgan fingerprint density at radius 1 is 1.11 bits per heavy atom. The van der Waals surface area contributed by atoms with Gasteiger partial charge in [-0.2, -0.15) is 0 Å². The first-order chi connectivity index (χ1) is 13.7. The number of aryl methyl sites for hydroxylation is 3. The molecule has 0 unspecified atom stereocenters. The van der Waals surface area contributed by atoms with Crippen molar-refractivity contribution < 1.29 is 4.74 Å². The van der Waals surface area contributed by atoms with Gasteiger partial charge in [-0.05, 0) is 63.6 Å². The summed E-state index contributed by atoms with van der Waals surface area (Å²) in [7, 11) is 1.70. The molecule has 0 bridgehead atoms. The monoisotopic (exact) mass is 385 g/mol. The summed E-state index contributed by atoms with van der Waals surface area (Å²) in [5.74, 6) is 2.91. The molecule has 0 amide bonds. The number of unbranched alkanes of at least 4 members (excludes halogenated alkanes) is 2. The molecule has 6 heteroatoms. The first-order valence-corrected chi connectivity index (χ1v) is 10.4. The van der Waals surface area contributed by atoms with Gasteiger partial charge in [0.05, 0.1) is 7.11 Å². The summed E-state index contributed by atoms with van der Waals surface area (Å²) < 4.78 is 7.39. The quantitative estimate of drug-likeness (QED) is 0.333. The Labute approximate surface area is 169 Å². The lowest BCUT2D eigenvalue weighted by atomic mass is 10.1. The van der Waals surface area contributed by atoms with Crippen LogP contribution in [0.3, 0.4) is 0 Å². The molecule has 0 saturated carbocycles. The van der Waals surface area contributed by atoms with E-state index in [1.165, 1.54) is 5.56 Å². The molecule has 1 aromatic carbocycles. The number of hydrogen-bond donors (Lipinski definition) is 2. The molecule has 0 atom stereocenters. The third-order valence-electron chi connectivity index (χ3n) is 4.69. The minimum atomic E-state index is 0.847. The number of hydrogen-bond acceptors (Lipinski definition) is 3. The van der Waals surface area contributed by atoms with Gasteiger partial charge in [-0.25, -0.2) is 4.98 Å². The second-order valence-corrected chi connectivity index (χ2v) is 6.87. The lowest BCUT2D eigenvalue weighted by molar-refractivity contribution is 0.414. The zero-order valence-electron chi connectivity index (χ0n) is 17.6. The first kappa shape index (κ1) is 21.8. The van der Waals surface area contributed by atoms with E-state index < -0.39 is 0 Å². The topological polar surface area (TPSA) is 63.5 Å². The SMILES string of the molecule is CCNC(=NCCCCc1ccc(OC)cc1)NCCCCn1ccnc1C. The van der Waals surface area contributed by atoms with Gasteiger partial charge in [0.15, 0.2) is 5.96 Å². The summed E-state index contributed by atoms with van der Waals surface area (Å²) in [4.78, 5) is 8.95. The number of aliphatic imine (C=N–C) groups is 1. The van der Waals surface area contributed by atoms with E-state index >= 15 is 0 Å². The van der Waals surface area contributed by atoms with Crippen LogP contribution in [0.1, 0.15) is 44.0 Å². The Bertz CT molecular complexity index is 693. The first-order valence-electron chi connectivity index (χ1n) is 10.4. The normalized spacial score (nSPS) is 11.5. The second kappa shape index (κ2) is 12.8. The van der Waals surface area contributed by atoms with E-state index in [0.29, 0.717) is 0 Å². The zero-order valence-corrected chi connectivity index (χ0v) is 17.6. The minimum Gasteiger partial charge on any atom is -0.497 e. The average molecular weight is 386 g/mol. The average Bonchev–Trinajstić information content (AvgIpc) is 3.12. The second-order valence-electron chi connectivity index (χ2n) is 6.87. The number of guanidine groups is 1. The third-order valence-corrected chi connectivity index (χ3v) is 4.69. The maximum atomic E-state index is 5.20. The molecule has 2 N–H and O–H groups in total. The van der Waals surface area contributed by atoms with E-state index in [2.05, 4.69) is 39.2 Å². The number of nitrogens with zero attached hydrogens (tertiary/aromatic N) is 3. The highest BCUT2D eigenvalue weighted by Gasteiger charge is 1.99. The van der Waals surface area contributed by atoms with Crippen LogP contribution in [0.5, 0.6) is 5.75 Å². The fourth-order valence-electron chi connectivity index (χ4n) is 3.02. The Hall–Kier alpha value is -2.50. The molecule has 0 radical (unpaired) electrons. The number of ether oxygens (including phenoxy) is 1. The number of methoxy groups -OCH3 is 1. The predicted octanol–water partition coefficient (Wildman–Crippen LogP) is 3.56. The molecule has 0 aliphatic heterocycles. The number of rotatable bonds is 12. The molecule has 0 aliphatic rings. The third kappa shape index (κ3) is 8.03. The van der Waals surface area contributed by atoms with Crippen molar-refractivity contribution in [1.29, 1.82) is 0 Å². The van der Waals surface area contributed by atoms with Crippen LogP contribution < -0.4 is 15.4 Å². The fraction of sp³-hybridized carbons (Fsp3) is 0.545. The summed E-state index contributed by atoms with van der Waals surface area (Å²) in [5, 5.41) is 6.76. The molecule has 2 rings (SSSR count). The lowest BCUT2D eigenvalue weighted by Gasteiger charge is -2.11. The van der Waals surface area contributed by atoms with Gasteiger partial charge in [-0.3, -0.25) is 4.99 Å². The van der Waals surface area contributed by atoms with Crippen LogP contribution in [0.25, 0.3) is 0 Å². The molecular formula is C22H35N5O. The Morgan fingerprint density at radius 3 is 2.61 bits per heavy atom. The van der Waals surface area contributed by atoms with E-state index in [-0.39, 0.29) is 0 Å². The minimum absolute atomic E-state index is 0.847. The zero-order chi connectivity index (χ0) is 20.0. The highest BCUT2D eigenvalue weighted by atomic mass is 16.5. The van der Waals surface area contributed by atoms with Crippen LogP contribution in [-0.4, -0.2) is 42.3 Å². The molecule has 0 saturated heterocycles. The van der Waals surface area contributed by atoms with Gasteiger partial charge in [-0.15, -0.1) is 0 Å². The maximum absolute atomic E-state index is 5.20. The smallest absolute Gasteiger partial charge is 0.191 e. The lowest BCUT2D eigenvalue weighted by Crippen LogP contribution is -2.37. The summed E-state index contributed by atoms with van der Waals surface area (Å²) in [5.41, 5.74) is 1.35. The number of aromatic nitrogens is 2. The Balaban J connectivity index is 1.60. The fourth-order valence-corrected chi connectivity index (χ4v) is 3.02. The van der Waals surface area contributed by atoms with Gasteiger partial charge in [0.2, 0.25) is 0 Å². The van der Waals surface area contributed by atoms with Crippen molar-refractivity contribution in [3.63, 3.8) is 0 Å². The van der Waals surface area contributed by atoms with Crippen molar-refractivity contribution in [3.8, 4) is 5.75 Å². The van der Waals surface area contributed by atoms with Crippen LogP contribution >= 0.6 is 0 Å². The van der Waals surface area contributed by atoms with Crippen LogP contribution in [0.15, 0.2) is 41.7 Å². The van der Waals surface area contributed by atoms with Gasteiger partial charge in [0.25, 0.3) is 0 Å². The molecule has 1 aromatic heterocycles. The van der Waals surface area contributed by atoms with E-state index in [0.717, 1.165) is 75.8 Å². The molecule has 0 fully saturated rings. The van der Waals surface area contributed by atoms with E-state index in [1.54, 1.807) is 7.11 Å². The van der Waals surface area contributed by atoms with E-state index in [4.69, 9.17) is 9.73 Å². The van der Waals surface area contributed by atoms with E-state index in [1.807, 2.05) is 31.5 Å². The summed E-state index contributed by atoms with van der Waals surface area (Å²) >= 11 is 0. The molecule has 6 nitrogen and oxygen atoms in total. The highest BCUT2D eigenvalue weighted by molar-refractivity contribution is 5.79. The molecule has 0 aliphatic carbocycles. The Kier molecular flexibility index (Phi) is 9.97. The van der Waals surface area contributed by atoms with Crippen molar-refractivity contribution in [2.75, 3.05) is 26.7 Å². The maximum Gasteiger partial charge on any atom is 0.191 e. The summed E-state index contributed by atoms with van der Waals surface area (Å²) in [6.07, 6.45) is 9.45. The number of imidazole rings is 1. The predicted molar refractivity (Wildman–Crippen MR) is 116 cm³/mol. The van der Waals surface area contributed by atoms with Crippen LogP contribution in [-0.2, 0) is 13.0 Å². The van der Waals surface area contributed by atoms with Crippen molar-refractivity contribution in [2.24, 2.45) is 4.99 Å². The van der Waals surface area contributed by atoms with Crippen molar-refractivity contribution >= 4 is 5.96 Å². The standard InChI is InChI=1S/C22H35N5O/c1-4-23-22(26-15-7-8-17-27-18-16-24-19(27)2)25-14-6-5-9-20-10-12-21(28-3)13-11-20/h10-13,16,18H,4-9,14-15,17H2,1-3H3,(H2,23,25,26). The molecular weight excluding hydrogens is 350 g/mol. The van der Waals surface area contributed by atoms with Crippen LogP contribution in [0, 0.1) is 6.92 Å². The molecule has 28 heavy (non-hydrogen) atoms. The highest BCUT2D eigenvalue weighted by Crippen LogP contribution is 2.13. The van der Waals surface area contributed by atoms with Gasteiger partial charge in [-0.1, -0.05) is 12.1 Å². The van der Waals surface area contributed by atoms with Crippen molar-refractivity contribution in [2.45, 2.75) is 52.5 Å². The van der Waals surface area contributed by atoms with Crippen LogP contribution in [0.4, 0.5) is 0 Å². The van der Waals surface area contributed by atoms with Gasteiger partial charge >= 0.3 is 0 Å². The van der Waals surface area contributed by atoms with Gasteiger partial charge in [0.1, 0.15) is 11.6 Å². The van der Waals surface area contributed by atoms with Crippen molar-refractivity contribution in [3.05, 3.63) is 48.0 Å². The van der Waals surface area contributed by atoms with Gasteiger partial charge in [0, 0.05) is 38.6 Å². The molecule has 0 spiro atoms. The summed E-state index contributed by atoms with van der Waals surface area (Å²) in [6.45, 7) is 7.83. The largest absolute Gasteiger partial charge is 0.497 e. The number of nitrogens with one attached hydrogen (secondary N) is 2. The van der Waals surface area contributed by atoms with Crippen molar-refractivity contribution in [1.82, 2.24) is 20.2 Å². The molecule has 2 aromatic rings. The summed E-state index contributed by atoms with van der Waals surface area (Å²) in [6, 6.07) is 8.32. The number of benzene rings is 1. The van der Waals surface area contributed by atoms with Gasteiger partial charge < -0.3 is 19.9 Å². The molecule has 154 valence electrons. The molecule has 1 heterocycles.